The van der Waals surface area contributed by atoms with Crippen molar-refractivity contribution in [3.8, 4) is 0 Å². The molecule has 0 aromatic heterocycles. The van der Waals surface area contributed by atoms with E-state index in [-0.39, 0.29) is 5.57 Å². The van der Waals surface area contributed by atoms with Crippen molar-refractivity contribution in [2.24, 2.45) is 0 Å². The lowest BCUT2D eigenvalue weighted by Gasteiger charge is -2.14. The second kappa shape index (κ2) is 7.59. The summed E-state index contributed by atoms with van der Waals surface area (Å²) in [7, 11) is 1.26. The number of carboxylic acid groups (broad SMARTS) is 1. The summed E-state index contributed by atoms with van der Waals surface area (Å²) in [4.78, 5) is 23.5. The Labute approximate surface area is 141 Å². The number of aliphatic carboxylic acids is 1. The van der Waals surface area contributed by atoms with Crippen LogP contribution < -0.4 is 0 Å². The van der Waals surface area contributed by atoms with Gasteiger partial charge in [0.05, 0.1) is 19.1 Å². The van der Waals surface area contributed by atoms with Gasteiger partial charge in [0.25, 0.3) is 0 Å². The van der Waals surface area contributed by atoms with Gasteiger partial charge in [-0.1, -0.05) is 59.7 Å². The molecule has 2 aromatic rings. The molecule has 4 heteroatoms. The highest BCUT2D eigenvalue weighted by Crippen LogP contribution is 2.30. The zero-order chi connectivity index (χ0) is 17.7. The number of aryl methyl sites for hydroxylation is 2. The first kappa shape index (κ1) is 17.5. The Bertz CT molecular complexity index is 721. The Kier molecular flexibility index (Phi) is 5.53. The SMILES string of the molecule is COC(=O)C(CC(=O)O)=C(c1ccc(C)cc1)c1ccc(C)cc1. The molecule has 124 valence electrons. The predicted octanol–water partition coefficient (Wildman–Crippen LogP) is 3.75. The van der Waals surface area contributed by atoms with E-state index in [1.54, 1.807) is 0 Å². The van der Waals surface area contributed by atoms with Gasteiger partial charge in [0.1, 0.15) is 0 Å². The highest BCUT2D eigenvalue weighted by molar-refractivity contribution is 6.04. The van der Waals surface area contributed by atoms with Crippen LogP contribution in [0.5, 0.6) is 0 Å². The monoisotopic (exact) mass is 324 g/mol. The van der Waals surface area contributed by atoms with Crippen molar-refractivity contribution >= 4 is 17.5 Å². The van der Waals surface area contributed by atoms with Crippen LogP contribution in [-0.2, 0) is 14.3 Å². The number of hydrogen-bond acceptors (Lipinski definition) is 3. The lowest BCUT2D eigenvalue weighted by Crippen LogP contribution is -2.12. The lowest BCUT2D eigenvalue weighted by atomic mass is 9.90. The molecule has 2 rings (SSSR count). The van der Waals surface area contributed by atoms with Gasteiger partial charge in [-0.05, 0) is 30.5 Å². The Morgan fingerprint density at radius 1 is 0.875 bits per heavy atom. The highest BCUT2D eigenvalue weighted by atomic mass is 16.5. The summed E-state index contributed by atoms with van der Waals surface area (Å²) in [5.41, 5.74) is 4.46. The molecule has 0 fully saturated rings. The van der Waals surface area contributed by atoms with Gasteiger partial charge in [0.15, 0.2) is 0 Å². The normalized spacial score (nSPS) is 10.1. The van der Waals surface area contributed by atoms with E-state index in [2.05, 4.69) is 0 Å². The zero-order valence-corrected chi connectivity index (χ0v) is 14.0. The molecule has 24 heavy (non-hydrogen) atoms. The minimum absolute atomic E-state index is 0.137. The highest BCUT2D eigenvalue weighted by Gasteiger charge is 2.21. The van der Waals surface area contributed by atoms with Crippen LogP contribution in [0, 0.1) is 13.8 Å². The number of ether oxygens (including phenoxy) is 1. The smallest absolute Gasteiger partial charge is 0.334 e. The van der Waals surface area contributed by atoms with Crippen molar-refractivity contribution in [2.75, 3.05) is 7.11 Å². The molecule has 0 aliphatic heterocycles. The molecule has 2 aromatic carbocycles. The van der Waals surface area contributed by atoms with Gasteiger partial charge in [-0.2, -0.15) is 0 Å². The molecule has 0 atom stereocenters. The summed E-state index contributed by atoms with van der Waals surface area (Å²) < 4.78 is 4.82. The van der Waals surface area contributed by atoms with Crippen LogP contribution in [0.25, 0.3) is 5.57 Å². The first-order valence-corrected chi connectivity index (χ1v) is 7.59. The van der Waals surface area contributed by atoms with E-state index in [0.29, 0.717) is 5.57 Å². The van der Waals surface area contributed by atoms with E-state index < -0.39 is 18.4 Å². The number of hydrogen-bond donors (Lipinski definition) is 1. The van der Waals surface area contributed by atoms with Crippen molar-refractivity contribution in [3.05, 3.63) is 76.4 Å². The average molecular weight is 324 g/mol. The summed E-state index contributed by atoms with van der Waals surface area (Å²) in [5, 5.41) is 9.22. The van der Waals surface area contributed by atoms with Crippen LogP contribution in [0.2, 0.25) is 0 Å². The molecule has 0 saturated heterocycles. The molecule has 0 aliphatic carbocycles. The maximum Gasteiger partial charge on any atom is 0.334 e. The van der Waals surface area contributed by atoms with Crippen molar-refractivity contribution in [1.29, 1.82) is 0 Å². The number of rotatable bonds is 5. The fourth-order valence-electron chi connectivity index (χ4n) is 2.49. The van der Waals surface area contributed by atoms with Gasteiger partial charge in [-0.15, -0.1) is 0 Å². The van der Waals surface area contributed by atoms with Gasteiger partial charge >= 0.3 is 11.9 Å². The fraction of sp³-hybridized carbons (Fsp3) is 0.200. The number of esters is 1. The van der Waals surface area contributed by atoms with Crippen molar-refractivity contribution in [1.82, 2.24) is 0 Å². The molecule has 0 aliphatic rings. The standard InChI is InChI=1S/C20H20O4/c1-13-4-8-15(9-5-13)19(16-10-6-14(2)7-11-16)17(12-18(21)22)20(23)24-3/h4-11H,12H2,1-3H3,(H,21,22). The molecule has 4 nitrogen and oxygen atoms in total. The van der Waals surface area contributed by atoms with Crippen LogP contribution in [0.15, 0.2) is 54.1 Å². The van der Waals surface area contributed by atoms with Gasteiger partial charge in [-0.25, -0.2) is 4.79 Å². The molecular weight excluding hydrogens is 304 g/mol. The van der Waals surface area contributed by atoms with Gasteiger partial charge in [-0.3, -0.25) is 4.79 Å². The Morgan fingerprint density at radius 3 is 1.62 bits per heavy atom. The van der Waals surface area contributed by atoms with Gasteiger partial charge in [0, 0.05) is 0 Å². The lowest BCUT2D eigenvalue weighted by molar-refractivity contribution is -0.141. The van der Waals surface area contributed by atoms with E-state index in [1.165, 1.54) is 7.11 Å². The van der Waals surface area contributed by atoms with Crippen molar-refractivity contribution < 1.29 is 19.4 Å². The Morgan fingerprint density at radius 2 is 1.29 bits per heavy atom. The van der Waals surface area contributed by atoms with Crippen LogP contribution in [0.3, 0.4) is 0 Å². The third kappa shape index (κ3) is 4.10. The average Bonchev–Trinajstić information content (AvgIpc) is 2.56. The topological polar surface area (TPSA) is 63.6 Å². The maximum atomic E-state index is 12.2. The molecule has 0 radical (unpaired) electrons. The van der Waals surface area contributed by atoms with Crippen LogP contribution in [0.4, 0.5) is 0 Å². The van der Waals surface area contributed by atoms with Crippen LogP contribution in [-0.4, -0.2) is 24.2 Å². The molecule has 0 heterocycles. The van der Waals surface area contributed by atoms with E-state index in [1.807, 2.05) is 62.4 Å². The predicted molar refractivity (Wildman–Crippen MR) is 92.6 cm³/mol. The number of benzene rings is 2. The Balaban J connectivity index is 2.73. The number of carbonyl (C=O) groups excluding carboxylic acids is 1. The summed E-state index contributed by atoms with van der Waals surface area (Å²) >= 11 is 0. The van der Waals surface area contributed by atoms with E-state index >= 15 is 0 Å². The van der Waals surface area contributed by atoms with Crippen molar-refractivity contribution in [3.63, 3.8) is 0 Å². The second-order valence-corrected chi connectivity index (χ2v) is 5.65. The fourth-order valence-corrected chi connectivity index (χ4v) is 2.49. The van der Waals surface area contributed by atoms with Gasteiger partial charge in [0.2, 0.25) is 0 Å². The summed E-state index contributed by atoms with van der Waals surface area (Å²) in [5.74, 6) is -1.71. The van der Waals surface area contributed by atoms with Crippen LogP contribution in [0.1, 0.15) is 28.7 Å². The molecule has 0 bridgehead atoms. The summed E-state index contributed by atoms with van der Waals surface area (Å²) in [6, 6.07) is 15.3. The van der Waals surface area contributed by atoms with E-state index in [9.17, 15) is 14.7 Å². The molecule has 1 N–H and O–H groups in total. The van der Waals surface area contributed by atoms with Crippen LogP contribution >= 0.6 is 0 Å². The first-order chi connectivity index (χ1) is 11.4. The minimum Gasteiger partial charge on any atom is -0.481 e. The third-order valence-corrected chi connectivity index (χ3v) is 3.74. The maximum absolute atomic E-state index is 12.2. The van der Waals surface area contributed by atoms with E-state index in [4.69, 9.17) is 4.74 Å². The van der Waals surface area contributed by atoms with Crippen molar-refractivity contribution in [2.45, 2.75) is 20.3 Å². The number of methoxy groups -OCH3 is 1. The molecule has 0 saturated carbocycles. The summed E-state index contributed by atoms with van der Waals surface area (Å²) in [6.07, 6.45) is -0.399. The molecule has 0 unspecified atom stereocenters. The van der Waals surface area contributed by atoms with Gasteiger partial charge < -0.3 is 9.84 Å². The zero-order valence-electron chi connectivity index (χ0n) is 14.0. The van der Waals surface area contributed by atoms with E-state index in [0.717, 1.165) is 22.3 Å². The third-order valence-electron chi connectivity index (χ3n) is 3.74. The Hall–Kier alpha value is -2.88. The number of carboxylic acids is 1. The molecule has 0 spiro atoms. The molecular formula is C20H20O4. The number of carbonyl (C=O) groups is 2. The first-order valence-electron chi connectivity index (χ1n) is 7.59. The quantitative estimate of drug-likeness (QED) is 0.672. The minimum atomic E-state index is -1.08. The largest absolute Gasteiger partial charge is 0.481 e. The second-order valence-electron chi connectivity index (χ2n) is 5.65. The summed E-state index contributed by atoms with van der Waals surface area (Å²) in [6.45, 7) is 3.94. The molecule has 0 amide bonds.